The van der Waals surface area contributed by atoms with Crippen molar-refractivity contribution in [1.82, 2.24) is 0 Å². The van der Waals surface area contributed by atoms with Crippen LogP contribution in [-0.2, 0) is 4.79 Å². The van der Waals surface area contributed by atoms with E-state index in [0.29, 0.717) is 12.8 Å². The molecule has 0 aromatic heterocycles. The summed E-state index contributed by atoms with van der Waals surface area (Å²) in [7, 11) is 0. The minimum Gasteiger partial charge on any atom is -0.481 e. The maximum absolute atomic E-state index is 11.0. The van der Waals surface area contributed by atoms with Crippen molar-refractivity contribution < 1.29 is 15.0 Å². The predicted octanol–water partition coefficient (Wildman–Crippen LogP) is 1.18. The van der Waals surface area contributed by atoms with Gasteiger partial charge in [-0.15, -0.1) is 0 Å². The van der Waals surface area contributed by atoms with E-state index in [1.54, 1.807) is 13.0 Å². The van der Waals surface area contributed by atoms with Crippen LogP contribution in [0.25, 0.3) is 0 Å². The van der Waals surface area contributed by atoms with Crippen LogP contribution in [0, 0.1) is 5.41 Å². The molecule has 1 aliphatic rings. The van der Waals surface area contributed by atoms with Crippen LogP contribution in [0.1, 0.15) is 26.7 Å². The zero-order valence-corrected chi connectivity index (χ0v) is 7.37. The number of rotatable bonds is 2. The fourth-order valence-electron chi connectivity index (χ4n) is 1.86. The Kier molecular flexibility index (Phi) is 2.24. The first-order chi connectivity index (χ1) is 5.53. The third kappa shape index (κ3) is 1.14. The summed E-state index contributed by atoms with van der Waals surface area (Å²) in [4.78, 5) is 11.0. The molecule has 0 saturated carbocycles. The van der Waals surface area contributed by atoms with Crippen LogP contribution in [-0.4, -0.2) is 22.3 Å². The van der Waals surface area contributed by atoms with Gasteiger partial charge in [0.15, 0.2) is 0 Å². The average Bonchev–Trinajstić information content (AvgIpc) is 2.26. The summed E-state index contributed by atoms with van der Waals surface area (Å²) in [5, 5.41) is 18.3. The lowest BCUT2D eigenvalue weighted by Crippen LogP contribution is -2.30. The van der Waals surface area contributed by atoms with Gasteiger partial charge in [0.05, 0.1) is 11.5 Å². The fraction of sp³-hybridized carbons (Fsp3) is 0.667. The third-order valence-corrected chi connectivity index (χ3v) is 2.77. The molecule has 1 rings (SSSR count). The molecule has 0 heterocycles. The number of aliphatic carboxylic acids is 1. The topological polar surface area (TPSA) is 57.5 Å². The molecule has 68 valence electrons. The van der Waals surface area contributed by atoms with Crippen molar-refractivity contribution in [3.63, 3.8) is 0 Å². The van der Waals surface area contributed by atoms with Gasteiger partial charge in [-0.2, -0.15) is 0 Å². The van der Waals surface area contributed by atoms with Crippen LogP contribution in [0.15, 0.2) is 11.6 Å². The summed E-state index contributed by atoms with van der Waals surface area (Å²) in [6.07, 6.45) is 1.92. The second kappa shape index (κ2) is 2.90. The summed E-state index contributed by atoms with van der Waals surface area (Å²) in [5.41, 5.74) is -0.0237. The number of carboxylic acid groups (broad SMARTS) is 1. The monoisotopic (exact) mass is 170 g/mol. The van der Waals surface area contributed by atoms with Crippen molar-refractivity contribution in [2.75, 3.05) is 0 Å². The summed E-state index contributed by atoms with van der Waals surface area (Å²) in [6.45, 7) is 3.61. The summed E-state index contributed by atoms with van der Waals surface area (Å²) < 4.78 is 0. The first-order valence-electron chi connectivity index (χ1n) is 4.13. The maximum atomic E-state index is 11.0. The molecule has 0 aliphatic heterocycles. The molecule has 3 nitrogen and oxygen atoms in total. The number of carbonyl (C=O) groups is 1. The maximum Gasteiger partial charge on any atom is 0.313 e. The van der Waals surface area contributed by atoms with Crippen LogP contribution >= 0.6 is 0 Å². The van der Waals surface area contributed by atoms with E-state index in [4.69, 9.17) is 5.11 Å². The minimum atomic E-state index is -0.824. The number of hydrogen-bond acceptors (Lipinski definition) is 2. The molecule has 0 aromatic rings. The number of carboxylic acids is 1. The molecule has 0 spiro atoms. The highest BCUT2D eigenvalue weighted by atomic mass is 16.4. The Labute approximate surface area is 71.7 Å². The SMILES string of the molecule is CCC1(C(=O)O)CC(O)C=C1C. The van der Waals surface area contributed by atoms with Crippen molar-refractivity contribution >= 4 is 5.97 Å². The molecule has 3 heteroatoms. The summed E-state index contributed by atoms with van der Waals surface area (Å²) in [6, 6.07) is 0. The van der Waals surface area contributed by atoms with Gasteiger partial charge in [-0.1, -0.05) is 18.6 Å². The van der Waals surface area contributed by atoms with Gasteiger partial charge in [-0.05, 0) is 19.8 Å². The lowest BCUT2D eigenvalue weighted by atomic mass is 9.79. The van der Waals surface area contributed by atoms with Crippen LogP contribution in [0.3, 0.4) is 0 Å². The van der Waals surface area contributed by atoms with Crippen LogP contribution in [0.2, 0.25) is 0 Å². The van der Waals surface area contributed by atoms with Gasteiger partial charge in [-0.3, -0.25) is 4.79 Å². The van der Waals surface area contributed by atoms with Gasteiger partial charge < -0.3 is 10.2 Å². The minimum absolute atomic E-state index is 0.324. The van der Waals surface area contributed by atoms with Crippen LogP contribution in [0.4, 0.5) is 0 Å². The first-order valence-corrected chi connectivity index (χ1v) is 4.13. The molecule has 12 heavy (non-hydrogen) atoms. The largest absolute Gasteiger partial charge is 0.481 e. The Morgan fingerprint density at radius 3 is 2.58 bits per heavy atom. The van der Waals surface area contributed by atoms with E-state index in [-0.39, 0.29) is 0 Å². The van der Waals surface area contributed by atoms with E-state index >= 15 is 0 Å². The van der Waals surface area contributed by atoms with Gasteiger partial charge in [0.25, 0.3) is 0 Å². The Hall–Kier alpha value is -0.830. The van der Waals surface area contributed by atoms with Gasteiger partial charge in [0.1, 0.15) is 0 Å². The summed E-state index contributed by atoms with van der Waals surface area (Å²) >= 11 is 0. The van der Waals surface area contributed by atoms with Crippen molar-refractivity contribution in [2.24, 2.45) is 5.41 Å². The second-order valence-corrected chi connectivity index (χ2v) is 3.36. The Bertz CT molecular complexity index is 232. The molecule has 0 aromatic carbocycles. The first kappa shape index (κ1) is 9.26. The molecule has 0 amide bonds. The molecular formula is C9H14O3. The molecule has 1 aliphatic carbocycles. The number of hydrogen-bond donors (Lipinski definition) is 2. The van der Waals surface area contributed by atoms with Gasteiger partial charge >= 0.3 is 5.97 Å². The molecular weight excluding hydrogens is 156 g/mol. The summed E-state index contributed by atoms with van der Waals surface area (Å²) in [5.74, 6) is -0.824. The third-order valence-electron chi connectivity index (χ3n) is 2.77. The highest BCUT2D eigenvalue weighted by Gasteiger charge is 2.43. The molecule has 2 unspecified atom stereocenters. The van der Waals surface area contributed by atoms with Crippen LogP contribution in [0.5, 0.6) is 0 Å². The smallest absolute Gasteiger partial charge is 0.313 e. The lowest BCUT2D eigenvalue weighted by molar-refractivity contribution is -0.147. The van der Waals surface area contributed by atoms with E-state index in [1.165, 1.54) is 0 Å². The quantitative estimate of drug-likeness (QED) is 0.612. The average molecular weight is 170 g/mol. The Morgan fingerprint density at radius 2 is 2.42 bits per heavy atom. The predicted molar refractivity (Wildman–Crippen MR) is 44.7 cm³/mol. The molecule has 0 saturated heterocycles. The highest BCUT2D eigenvalue weighted by Crippen LogP contribution is 2.41. The van der Waals surface area contributed by atoms with Gasteiger partial charge in [0.2, 0.25) is 0 Å². The number of aliphatic hydroxyl groups excluding tert-OH is 1. The van der Waals surface area contributed by atoms with Crippen molar-refractivity contribution in [2.45, 2.75) is 32.8 Å². The second-order valence-electron chi connectivity index (χ2n) is 3.36. The zero-order valence-electron chi connectivity index (χ0n) is 7.37. The molecule has 2 N–H and O–H groups in total. The standard InChI is InChI=1S/C9H14O3/c1-3-9(8(11)12)5-7(10)4-6(9)2/h4,7,10H,3,5H2,1-2H3,(H,11,12). The van der Waals surface area contributed by atoms with Gasteiger partial charge in [0, 0.05) is 0 Å². The molecule has 2 atom stereocenters. The number of aliphatic hydroxyl groups is 1. The Morgan fingerprint density at radius 1 is 1.83 bits per heavy atom. The van der Waals surface area contributed by atoms with Gasteiger partial charge in [-0.25, -0.2) is 0 Å². The fourth-order valence-corrected chi connectivity index (χ4v) is 1.86. The molecule has 0 radical (unpaired) electrons. The normalized spacial score (nSPS) is 34.9. The van der Waals surface area contributed by atoms with Crippen LogP contribution < -0.4 is 0 Å². The zero-order chi connectivity index (χ0) is 9.35. The van der Waals surface area contributed by atoms with E-state index in [9.17, 15) is 9.90 Å². The van der Waals surface area contributed by atoms with E-state index in [2.05, 4.69) is 0 Å². The van der Waals surface area contributed by atoms with Crippen molar-refractivity contribution in [3.8, 4) is 0 Å². The molecule has 0 fully saturated rings. The molecule has 0 bridgehead atoms. The van der Waals surface area contributed by atoms with E-state index in [0.717, 1.165) is 5.57 Å². The highest BCUT2D eigenvalue weighted by molar-refractivity contribution is 5.79. The van der Waals surface area contributed by atoms with E-state index < -0.39 is 17.5 Å². The Balaban J connectivity index is 2.98. The van der Waals surface area contributed by atoms with Crippen molar-refractivity contribution in [3.05, 3.63) is 11.6 Å². The van der Waals surface area contributed by atoms with Crippen molar-refractivity contribution in [1.29, 1.82) is 0 Å². The lowest BCUT2D eigenvalue weighted by Gasteiger charge is -2.24. The van der Waals surface area contributed by atoms with E-state index in [1.807, 2.05) is 6.92 Å².